The number of carbonyl (C=O) groups excluding carboxylic acids is 1. The van der Waals surface area contributed by atoms with Crippen LogP contribution in [0.4, 0.5) is 0 Å². The Morgan fingerprint density at radius 3 is 2.60 bits per heavy atom. The molecule has 2 aromatic rings. The van der Waals surface area contributed by atoms with Crippen LogP contribution in [0.15, 0.2) is 47.1 Å². The van der Waals surface area contributed by atoms with Gasteiger partial charge in [0.2, 0.25) is 15.8 Å². The molecule has 0 aliphatic carbocycles. The average Bonchev–Trinajstić information content (AvgIpc) is 2.90. The van der Waals surface area contributed by atoms with Crippen molar-refractivity contribution in [2.45, 2.75) is 13.0 Å². The number of rotatable bonds is 5. The molecule has 0 amide bonds. The van der Waals surface area contributed by atoms with Crippen molar-refractivity contribution < 1.29 is 17.6 Å². The minimum absolute atomic E-state index is 0.233. The molecular weight excluding hydrogens is 278 g/mol. The van der Waals surface area contributed by atoms with Crippen LogP contribution in [0, 0.1) is 0 Å². The van der Waals surface area contributed by atoms with Crippen LogP contribution < -0.4 is 4.72 Å². The van der Waals surface area contributed by atoms with E-state index >= 15 is 0 Å². The van der Waals surface area contributed by atoms with E-state index in [0.29, 0.717) is 11.1 Å². The zero-order valence-electron chi connectivity index (χ0n) is 11.2. The average molecular weight is 293 g/mol. The van der Waals surface area contributed by atoms with Gasteiger partial charge in [0, 0.05) is 11.6 Å². The summed E-state index contributed by atoms with van der Waals surface area (Å²) in [6.45, 7) is 1.72. The summed E-state index contributed by atoms with van der Waals surface area (Å²) in [4.78, 5) is 12.1. The Kier molecular flexibility index (Phi) is 4.06. The maximum absolute atomic E-state index is 12.1. The van der Waals surface area contributed by atoms with Crippen LogP contribution in [0.2, 0.25) is 0 Å². The highest BCUT2D eigenvalue weighted by molar-refractivity contribution is 7.88. The lowest BCUT2D eigenvalue weighted by Crippen LogP contribution is -2.25. The van der Waals surface area contributed by atoms with Crippen LogP contribution in [0.25, 0.3) is 0 Å². The van der Waals surface area contributed by atoms with Crippen LogP contribution in [0.1, 0.15) is 34.6 Å². The molecule has 1 heterocycles. The van der Waals surface area contributed by atoms with Crippen molar-refractivity contribution in [3.05, 3.63) is 59.5 Å². The lowest BCUT2D eigenvalue weighted by atomic mass is 10.0. The monoisotopic (exact) mass is 293 g/mol. The third-order valence-electron chi connectivity index (χ3n) is 2.78. The van der Waals surface area contributed by atoms with E-state index in [0.717, 1.165) is 6.26 Å². The molecule has 1 aromatic carbocycles. The molecule has 0 bridgehead atoms. The molecule has 0 aliphatic rings. The summed E-state index contributed by atoms with van der Waals surface area (Å²) in [5, 5.41) is 0. The third kappa shape index (κ3) is 3.55. The normalized spacial score (nSPS) is 13.1. The Balaban J connectivity index is 2.26. The van der Waals surface area contributed by atoms with E-state index in [-0.39, 0.29) is 11.5 Å². The number of sulfonamides is 1. The van der Waals surface area contributed by atoms with Gasteiger partial charge in [0.05, 0.1) is 12.5 Å². The standard InChI is InChI=1S/C14H15NO4S/c1-10(15-20(2,17)18)11-5-3-6-12(9-11)14(16)13-7-4-8-19-13/h3-10,15H,1-2H3. The molecule has 5 nitrogen and oxygen atoms in total. The molecule has 0 aliphatic heterocycles. The zero-order valence-corrected chi connectivity index (χ0v) is 12.0. The lowest BCUT2D eigenvalue weighted by molar-refractivity contribution is 0.101. The lowest BCUT2D eigenvalue weighted by Gasteiger charge is -2.13. The summed E-state index contributed by atoms with van der Waals surface area (Å²) in [5.74, 6) is 0.0225. The van der Waals surface area contributed by atoms with Crippen molar-refractivity contribution in [3.8, 4) is 0 Å². The summed E-state index contributed by atoms with van der Waals surface area (Å²) >= 11 is 0. The van der Waals surface area contributed by atoms with Gasteiger partial charge in [-0.25, -0.2) is 13.1 Å². The first-order valence-electron chi connectivity index (χ1n) is 6.02. The molecule has 1 aromatic heterocycles. The smallest absolute Gasteiger partial charge is 0.228 e. The number of hydrogen-bond donors (Lipinski definition) is 1. The highest BCUT2D eigenvalue weighted by Crippen LogP contribution is 2.17. The quantitative estimate of drug-likeness (QED) is 0.857. The molecule has 106 valence electrons. The van der Waals surface area contributed by atoms with Crippen molar-refractivity contribution in [1.82, 2.24) is 4.72 Å². The zero-order chi connectivity index (χ0) is 14.8. The molecule has 0 radical (unpaired) electrons. The van der Waals surface area contributed by atoms with Crippen LogP contribution >= 0.6 is 0 Å². The van der Waals surface area contributed by atoms with Gasteiger partial charge in [-0.1, -0.05) is 18.2 Å². The van der Waals surface area contributed by atoms with E-state index < -0.39 is 16.1 Å². The first-order chi connectivity index (χ1) is 9.37. The molecular formula is C14H15NO4S. The van der Waals surface area contributed by atoms with Crippen molar-refractivity contribution in [2.24, 2.45) is 0 Å². The molecule has 1 atom stereocenters. The Morgan fingerprint density at radius 1 is 1.25 bits per heavy atom. The first-order valence-corrected chi connectivity index (χ1v) is 7.91. The number of hydrogen-bond acceptors (Lipinski definition) is 4. The summed E-state index contributed by atoms with van der Waals surface area (Å²) in [7, 11) is -3.30. The Labute approximate surface area is 117 Å². The molecule has 0 saturated heterocycles. The number of furan rings is 1. The third-order valence-corrected chi connectivity index (χ3v) is 3.57. The molecule has 2 rings (SSSR count). The van der Waals surface area contributed by atoms with E-state index in [1.807, 2.05) is 0 Å². The summed E-state index contributed by atoms with van der Waals surface area (Å²) in [6.07, 6.45) is 2.53. The Hall–Kier alpha value is -1.92. The van der Waals surface area contributed by atoms with Gasteiger partial charge in [-0.05, 0) is 30.7 Å². The highest BCUT2D eigenvalue weighted by atomic mass is 32.2. The molecule has 0 fully saturated rings. The first kappa shape index (κ1) is 14.5. The topological polar surface area (TPSA) is 76.4 Å². The van der Waals surface area contributed by atoms with E-state index in [1.165, 1.54) is 6.26 Å². The molecule has 0 spiro atoms. The van der Waals surface area contributed by atoms with Gasteiger partial charge >= 0.3 is 0 Å². The minimum atomic E-state index is -3.30. The molecule has 0 saturated carbocycles. The van der Waals surface area contributed by atoms with E-state index in [2.05, 4.69) is 4.72 Å². The second kappa shape index (κ2) is 5.60. The van der Waals surface area contributed by atoms with Crippen LogP contribution in [-0.2, 0) is 10.0 Å². The molecule has 20 heavy (non-hydrogen) atoms. The van der Waals surface area contributed by atoms with Crippen LogP contribution in [0.3, 0.4) is 0 Å². The van der Waals surface area contributed by atoms with E-state index in [1.54, 1.807) is 43.3 Å². The van der Waals surface area contributed by atoms with Gasteiger partial charge in [-0.15, -0.1) is 0 Å². The largest absolute Gasteiger partial charge is 0.461 e. The summed E-state index contributed by atoms with van der Waals surface area (Å²) in [5.41, 5.74) is 1.17. The minimum Gasteiger partial charge on any atom is -0.461 e. The Morgan fingerprint density at radius 2 is 2.00 bits per heavy atom. The summed E-state index contributed by atoms with van der Waals surface area (Å²) in [6, 6.07) is 9.63. The molecule has 6 heteroatoms. The number of ketones is 1. The SMILES string of the molecule is CC(NS(C)(=O)=O)c1cccc(C(=O)c2ccco2)c1. The second-order valence-corrected chi connectivity index (χ2v) is 6.32. The predicted molar refractivity (Wildman–Crippen MR) is 75.0 cm³/mol. The van der Waals surface area contributed by atoms with E-state index in [4.69, 9.17) is 4.42 Å². The fourth-order valence-electron chi connectivity index (χ4n) is 1.89. The van der Waals surface area contributed by atoms with Crippen LogP contribution in [-0.4, -0.2) is 20.5 Å². The number of carbonyl (C=O) groups is 1. The van der Waals surface area contributed by atoms with Crippen molar-refractivity contribution in [3.63, 3.8) is 0 Å². The van der Waals surface area contributed by atoms with Gasteiger partial charge in [-0.3, -0.25) is 4.79 Å². The van der Waals surface area contributed by atoms with Crippen molar-refractivity contribution in [1.29, 1.82) is 0 Å². The highest BCUT2D eigenvalue weighted by Gasteiger charge is 2.15. The number of nitrogens with one attached hydrogen (secondary N) is 1. The molecule has 1 unspecified atom stereocenters. The van der Waals surface area contributed by atoms with Crippen molar-refractivity contribution >= 4 is 15.8 Å². The fraction of sp³-hybridized carbons (Fsp3) is 0.214. The van der Waals surface area contributed by atoms with Crippen molar-refractivity contribution in [2.75, 3.05) is 6.26 Å². The second-order valence-electron chi connectivity index (χ2n) is 4.54. The maximum atomic E-state index is 12.1. The predicted octanol–water partition coefficient (Wildman–Crippen LogP) is 2.12. The van der Waals surface area contributed by atoms with Gasteiger partial charge < -0.3 is 4.42 Å². The van der Waals surface area contributed by atoms with Gasteiger partial charge in [0.1, 0.15) is 0 Å². The fourth-order valence-corrected chi connectivity index (χ4v) is 2.67. The summed E-state index contributed by atoms with van der Waals surface area (Å²) < 4.78 is 30.0. The Bertz CT molecular complexity index is 705. The number of benzene rings is 1. The van der Waals surface area contributed by atoms with Crippen LogP contribution in [0.5, 0.6) is 0 Å². The molecule has 1 N–H and O–H groups in total. The van der Waals surface area contributed by atoms with E-state index in [9.17, 15) is 13.2 Å². The van der Waals surface area contributed by atoms with Gasteiger partial charge in [0.15, 0.2) is 5.76 Å². The van der Waals surface area contributed by atoms with Gasteiger partial charge in [0.25, 0.3) is 0 Å². The maximum Gasteiger partial charge on any atom is 0.228 e. The van der Waals surface area contributed by atoms with Gasteiger partial charge in [-0.2, -0.15) is 0 Å².